The fourth-order valence-electron chi connectivity index (χ4n) is 0.918. The van der Waals surface area contributed by atoms with Crippen LogP contribution in [0, 0.1) is 0 Å². The predicted molar refractivity (Wildman–Crippen MR) is 60.4 cm³/mol. The standard InChI is InChI=1S/C6H14O2.C5H12O2/c1-2-3-4-6(8)5-7;1-2-3-4-5(6)7/h6-8H,2-5H2,1H3;5-7H,2-4H2,1H3. The lowest BCUT2D eigenvalue weighted by Gasteiger charge is -2.02. The normalized spacial score (nSPS) is 12.2. The smallest absolute Gasteiger partial charge is 0.151 e. The topological polar surface area (TPSA) is 80.9 Å². The molecular formula is C11H26O4. The molecule has 0 radical (unpaired) electrons. The molecule has 0 amide bonds. The van der Waals surface area contributed by atoms with Crippen molar-refractivity contribution in [2.24, 2.45) is 0 Å². The molecule has 0 fully saturated rings. The summed E-state index contributed by atoms with van der Waals surface area (Å²) in [6.07, 6.45) is 3.66. The van der Waals surface area contributed by atoms with E-state index in [9.17, 15) is 0 Å². The van der Waals surface area contributed by atoms with Gasteiger partial charge in [0.1, 0.15) is 0 Å². The number of hydrogen-bond donors (Lipinski definition) is 4. The van der Waals surface area contributed by atoms with Gasteiger partial charge in [0.05, 0.1) is 12.7 Å². The summed E-state index contributed by atoms with van der Waals surface area (Å²) in [6.45, 7) is 3.98. The van der Waals surface area contributed by atoms with Gasteiger partial charge < -0.3 is 20.4 Å². The second-order valence-electron chi connectivity index (χ2n) is 3.60. The highest BCUT2D eigenvalue weighted by atomic mass is 16.5. The Morgan fingerprint density at radius 3 is 1.60 bits per heavy atom. The average Bonchev–Trinajstić information content (AvgIpc) is 2.23. The van der Waals surface area contributed by atoms with Crippen LogP contribution in [0.1, 0.15) is 52.4 Å². The van der Waals surface area contributed by atoms with Gasteiger partial charge in [0.2, 0.25) is 0 Å². The minimum absolute atomic E-state index is 0.0972. The van der Waals surface area contributed by atoms with Crippen LogP contribution in [0.15, 0.2) is 0 Å². The summed E-state index contributed by atoms with van der Waals surface area (Å²) >= 11 is 0. The van der Waals surface area contributed by atoms with Gasteiger partial charge in [-0.05, 0) is 19.3 Å². The Kier molecular flexibility index (Phi) is 15.9. The molecule has 0 aromatic rings. The molecule has 0 aliphatic carbocycles. The van der Waals surface area contributed by atoms with Crippen molar-refractivity contribution >= 4 is 0 Å². The summed E-state index contributed by atoms with van der Waals surface area (Å²) < 4.78 is 0. The first-order valence-corrected chi connectivity index (χ1v) is 5.73. The number of aliphatic hydroxyl groups excluding tert-OH is 3. The van der Waals surface area contributed by atoms with Crippen LogP contribution in [0.4, 0.5) is 0 Å². The number of rotatable bonds is 7. The molecule has 4 nitrogen and oxygen atoms in total. The Labute approximate surface area is 92.6 Å². The van der Waals surface area contributed by atoms with E-state index < -0.39 is 12.4 Å². The molecule has 0 aliphatic heterocycles. The van der Waals surface area contributed by atoms with E-state index in [0.717, 1.165) is 32.1 Å². The zero-order valence-electron chi connectivity index (χ0n) is 9.89. The minimum atomic E-state index is -1.10. The van der Waals surface area contributed by atoms with E-state index in [-0.39, 0.29) is 6.61 Å². The van der Waals surface area contributed by atoms with E-state index in [1.54, 1.807) is 0 Å². The Morgan fingerprint density at radius 1 is 0.867 bits per heavy atom. The quantitative estimate of drug-likeness (QED) is 0.485. The van der Waals surface area contributed by atoms with Crippen molar-refractivity contribution in [2.45, 2.75) is 64.8 Å². The lowest BCUT2D eigenvalue weighted by Crippen LogP contribution is -2.10. The van der Waals surface area contributed by atoms with E-state index in [1.807, 2.05) is 6.92 Å². The second-order valence-corrected chi connectivity index (χ2v) is 3.60. The highest BCUT2D eigenvalue weighted by molar-refractivity contribution is 4.50. The molecule has 0 rings (SSSR count). The van der Waals surface area contributed by atoms with Crippen LogP contribution >= 0.6 is 0 Å². The van der Waals surface area contributed by atoms with Crippen molar-refractivity contribution < 1.29 is 20.4 Å². The van der Waals surface area contributed by atoms with E-state index in [1.165, 1.54) is 0 Å². The van der Waals surface area contributed by atoms with Gasteiger partial charge in [-0.3, -0.25) is 0 Å². The first-order chi connectivity index (χ1) is 7.08. The van der Waals surface area contributed by atoms with Gasteiger partial charge in [-0.2, -0.15) is 0 Å². The maximum Gasteiger partial charge on any atom is 0.151 e. The summed E-state index contributed by atoms with van der Waals surface area (Å²) in [5, 5.41) is 33.5. The zero-order valence-corrected chi connectivity index (χ0v) is 9.89. The van der Waals surface area contributed by atoms with Crippen molar-refractivity contribution in [3.63, 3.8) is 0 Å². The van der Waals surface area contributed by atoms with Crippen molar-refractivity contribution in [3.8, 4) is 0 Å². The molecule has 0 heterocycles. The summed E-state index contributed by atoms with van der Waals surface area (Å²) in [5.41, 5.74) is 0. The average molecular weight is 222 g/mol. The van der Waals surface area contributed by atoms with Gasteiger partial charge in [0.25, 0.3) is 0 Å². The van der Waals surface area contributed by atoms with Gasteiger partial charge in [-0.1, -0.05) is 33.1 Å². The number of hydrogen-bond acceptors (Lipinski definition) is 4. The molecule has 15 heavy (non-hydrogen) atoms. The molecule has 0 saturated heterocycles. The lowest BCUT2D eigenvalue weighted by atomic mass is 10.2. The SMILES string of the molecule is CCCCC(O)CO.CCCCC(O)O. The van der Waals surface area contributed by atoms with Crippen LogP contribution in [-0.4, -0.2) is 39.4 Å². The van der Waals surface area contributed by atoms with Crippen LogP contribution in [0.3, 0.4) is 0 Å². The molecule has 1 unspecified atom stereocenters. The minimum Gasteiger partial charge on any atom is -0.394 e. The van der Waals surface area contributed by atoms with Crippen LogP contribution in [0.25, 0.3) is 0 Å². The Bertz CT molecular complexity index is 107. The highest BCUT2D eigenvalue weighted by Gasteiger charge is 1.97. The fourth-order valence-corrected chi connectivity index (χ4v) is 0.918. The Hall–Kier alpha value is -0.160. The molecule has 0 spiro atoms. The molecule has 4 N–H and O–H groups in total. The number of aliphatic hydroxyl groups is 4. The predicted octanol–water partition coefficient (Wildman–Crippen LogP) is 1.02. The van der Waals surface area contributed by atoms with Crippen LogP contribution in [-0.2, 0) is 0 Å². The van der Waals surface area contributed by atoms with Gasteiger partial charge >= 0.3 is 0 Å². The van der Waals surface area contributed by atoms with E-state index in [4.69, 9.17) is 20.4 Å². The molecule has 94 valence electrons. The first-order valence-electron chi connectivity index (χ1n) is 5.73. The Balaban J connectivity index is 0. The van der Waals surface area contributed by atoms with E-state index in [0.29, 0.717) is 6.42 Å². The third-order valence-electron chi connectivity index (χ3n) is 1.92. The molecule has 0 aromatic heterocycles. The summed E-state index contributed by atoms with van der Waals surface area (Å²) in [5.74, 6) is 0. The van der Waals surface area contributed by atoms with E-state index >= 15 is 0 Å². The van der Waals surface area contributed by atoms with E-state index in [2.05, 4.69) is 6.92 Å². The first kappa shape index (κ1) is 17.2. The van der Waals surface area contributed by atoms with Crippen LogP contribution in [0.2, 0.25) is 0 Å². The van der Waals surface area contributed by atoms with Gasteiger partial charge in [-0.15, -0.1) is 0 Å². The highest BCUT2D eigenvalue weighted by Crippen LogP contribution is 1.97. The van der Waals surface area contributed by atoms with Gasteiger partial charge in [-0.25, -0.2) is 0 Å². The monoisotopic (exact) mass is 222 g/mol. The summed E-state index contributed by atoms with van der Waals surface area (Å²) in [4.78, 5) is 0. The molecule has 0 aromatic carbocycles. The zero-order chi connectivity index (χ0) is 12.1. The fraction of sp³-hybridized carbons (Fsp3) is 1.00. The van der Waals surface area contributed by atoms with Crippen LogP contribution in [0.5, 0.6) is 0 Å². The maximum atomic E-state index is 8.74. The van der Waals surface area contributed by atoms with Crippen LogP contribution < -0.4 is 0 Å². The number of unbranched alkanes of at least 4 members (excludes halogenated alkanes) is 2. The molecule has 1 atom stereocenters. The maximum absolute atomic E-state index is 8.74. The third kappa shape index (κ3) is 20.0. The van der Waals surface area contributed by atoms with Crippen molar-refractivity contribution in [1.29, 1.82) is 0 Å². The Morgan fingerprint density at radius 2 is 1.33 bits per heavy atom. The molecule has 0 saturated carbocycles. The van der Waals surface area contributed by atoms with Gasteiger partial charge in [0, 0.05) is 0 Å². The molecule has 0 bridgehead atoms. The van der Waals surface area contributed by atoms with Crippen molar-refractivity contribution in [1.82, 2.24) is 0 Å². The summed E-state index contributed by atoms with van der Waals surface area (Å²) in [6, 6.07) is 0. The largest absolute Gasteiger partial charge is 0.394 e. The second kappa shape index (κ2) is 13.8. The molecular weight excluding hydrogens is 196 g/mol. The molecule has 4 heteroatoms. The van der Waals surface area contributed by atoms with Gasteiger partial charge in [0.15, 0.2) is 6.29 Å². The molecule has 0 aliphatic rings. The lowest BCUT2D eigenvalue weighted by molar-refractivity contribution is -0.0463. The summed E-state index contributed by atoms with van der Waals surface area (Å²) in [7, 11) is 0. The third-order valence-corrected chi connectivity index (χ3v) is 1.92. The van der Waals surface area contributed by atoms with Crippen molar-refractivity contribution in [3.05, 3.63) is 0 Å². The van der Waals surface area contributed by atoms with Crippen molar-refractivity contribution in [2.75, 3.05) is 6.61 Å².